The molecular weight excluding hydrogens is 269 g/mol. The van der Waals surface area contributed by atoms with Crippen LogP contribution in [-0.4, -0.2) is 29.3 Å². The molecule has 1 aromatic heterocycles. The Bertz CT molecular complexity index is 599. The van der Waals surface area contributed by atoms with Gasteiger partial charge in [-0.25, -0.2) is 0 Å². The lowest BCUT2D eigenvalue weighted by molar-refractivity contribution is -0.137. The molecule has 0 amide bonds. The number of aromatic amines is 1. The van der Waals surface area contributed by atoms with E-state index < -0.39 is 11.7 Å². The number of benzene rings is 1. The van der Waals surface area contributed by atoms with Crippen LogP contribution in [0.3, 0.4) is 0 Å². The van der Waals surface area contributed by atoms with E-state index in [4.69, 9.17) is 0 Å². The van der Waals surface area contributed by atoms with Gasteiger partial charge in [-0.05, 0) is 31.5 Å². The van der Waals surface area contributed by atoms with Crippen molar-refractivity contribution in [2.24, 2.45) is 0 Å². The van der Waals surface area contributed by atoms with Gasteiger partial charge in [0.2, 0.25) is 0 Å². The number of hydrogen-bond donors (Lipinski definition) is 3. The van der Waals surface area contributed by atoms with Gasteiger partial charge in [0.1, 0.15) is 0 Å². The lowest BCUT2D eigenvalue weighted by Gasteiger charge is -2.15. The van der Waals surface area contributed by atoms with Crippen molar-refractivity contribution >= 4 is 16.6 Å². The van der Waals surface area contributed by atoms with Crippen LogP contribution >= 0.6 is 0 Å². The third kappa shape index (κ3) is 2.58. The van der Waals surface area contributed by atoms with Gasteiger partial charge in [0.25, 0.3) is 0 Å². The van der Waals surface area contributed by atoms with E-state index in [1.165, 1.54) is 0 Å². The average Bonchev–Trinajstić information content (AvgIpc) is 3.05. The van der Waals surface area contributed by atoms with Crippen LogP contribution in [0.4, 0.5) is 18.9 Å². The summed E-state index contributed by atoms with van der Waals surface area (Å²) in [5, 5.41) is 13.5. The molecule has 0 aliphatic carbocycles. The van der Waals surface area contributed by atoms with E-state index in [1.807, 2.05) is 0 Å². The van der Waals surface area contributed by atoms with Gasteiger partial charge in [-0.15, -0.1) is 0 Å². The van der Waals surface area contributed by atoms with Crippen LogP contribution in [0.1, 0.15) is 18.4 Å². The predicted molar refractivity (Wildman–Crippen MR) is 70.6 cm³/mol. The van der Waals surface area contributed by atoms with Crippen LogP contribution in [0.5, 0.6) is 0 Å². The number of halogens is 3. The zero-order valence-electron chi connectivity index (χ0n) is 10.7. The van der Waals surface area contributed by atoms with Crippen molar-refractivity contribution in [1.82, 2.24) is 15.5 Å². The van der Waals surface area contributed by atoms with Crippen molar-refractivity contribution in [3.63, 3.8) is 0 Å². The van der Waals surface area contributed by atoms with E-state index in [1.54, 1.807) is 6.20 Å². The molecule has 2 aromatic rings. The van der Waals surface area contributed by atoms with Crippen molar-refractivity contribution in [2.45, 2.75) is 25.1 Å². The number of hydrogen-bond acceptors (Lipinski definition) is 3. The van der Waals surface area contributed by atoms with Crippen molar-refractivity contribution in [2.75, 3.05) is 18.4 Å². The van der Waals surface area contributed by atoms with Gasteiger partial charge < -0.3 is 10.6 Å². The lowest BCUT2D eigenvalue weighted by Crippen LogP contribution is -2.29. The number of rotatable bonds is 3. The number of nitrogens with one attached hydrogen (secondary N) is 3. The molecule has 4 nitrogen and oxygen atoms in total. The number of aromatic nitrogens is 2. The van der Waals surface area contributed by atoms with Gasteiger partial charge in [-0.2, -0.15) is 18.3 Å². The Morgan fingerprint density at radius 2 is 2.20 bits per heavy atom. The fourth-order valence-electron chi connectivity index (χ4n) is 2.53. The molecule has 0 saturated carbocycles. The smallest absolute Gasteiger partial charge is 0.383 e. The van der Waals surface area contributed by atoms with E-state index in [0.717, 1.165) is 31.5 Å². The summed E-state index contributed by atoms with van der Waals surface area (Å²) in [4.78, 5) is 0. The van der Waals surface area contributed by atoms with E-state index >= 15 is 0 Å². The summed E-state index contributed by atoms with van der Waals surface area (Å²) < 4.78 is 38.6. The summed E-state index contributed by atoms with van der Waals surface area (Å²) in [6.45, 7) is 1.58. The van der Waals surface area contributed by atoms with E-state index in [0.29, 0.717) is 29.2 Å². The highest BCUT2D eigenvalue weighted by Gasteiger charge is 2.31. The minimum absolute atomic E-state index is 0.312. The van der Waals surface area contributed by atoms with E-state index in [9.17, 15) is 13.2 Å². The summed E-state index contributed by atoms with van der Waals surface area (Å²) in [6, 6.07) is 2.54. The Hall–Kier alpha value is -1.76. The maximum absolute atomic E-state index is 12.9. The first-order chi connectivity index (χ1) is 9.54. The molecule has 3 rings (SSSR count). The van der Waals surface area contributed by atoms with Gasteiger partial charge in [0.05, 0.1) is 17.3 Å². The second kappa shape index (κ2) is 4.97. The molecule has 1 aliphatic heterocycles. The van der Waals surface area contributed by atoms with Gasteiger partial charge in [0, 0.05) is 23.7 Å². The molecule has 108 valence electrons. The highest BCUT2D eigenvalue weighted by Crippen LogP contribution is 2.34. The molecule has 1 aliphatic rings. The number of nitrogens with zero attached hydrogens (tertiary/aromatic N) is 1. The second-order valence-electron chi connectivity index (χ2n) is 5.03. The van der Waals surface area contributed by atoms with Gasteiger partial charge in [-0.1, -0.05) is 0 Å². The summed E-state index contributed by atoms with van der Waals surface area (Å²) in [7, 11) is 0. The van der Waals surface area contributed by atoms with Crippen LogP contribution in [0, 0.1) is 0 Å². The monoisotopic (exact) mass is 284 g/mol. The first kappa shape index (κ1) is 13.2. The molecule has 1 fully saturated rings. The summed E-state index contributed by atoms with van der Waals surface area (Å²) in [5.74, 6) is 0. The standard InChI is InChI=1S/C13H15F3N4/c14-13(15,16)8-4-11(10-7-19-20-12(10)5-8)18-6-9-2-1-3-17-9/h4-5,7,9,17-18H,1-3,6H2,(H,19,20)/t9-/m1/s1. The Labute approximate surface area is 113 Å². The molecule has 7 heteroatoms. The Morgan fingerprint density at radius 1 is 1.35 bits per heavy atom. The van der Waals surface area contributed by atoms with E-state index in [-0.39, 0.29) is 0 Å². The van der Waals surface area contributed by atoms with Crippen LogP contribution in [0.2, 0.25) is 0 Å². The van der Waals surface area contributed by atoms with E-state index in [2.05, 4.69) is 20.8 Å². The maximum Gasteiger partial charge on any atom is 0.416 e. The van der Waals surface area contributed by atoms with Gasteiger partial charge >= 0.3 is 6.18 Å². The Morgan fingerprint density at radius 3 is 2.90 bits per heavy atom. The zero-order chi connectivity index (χ0) is 14.2. The number of alkyl halides is 3. The third-order valence-electron chi connectivity index (χ3n) is 3.59. The first-order valence-electron chi connectivity index (χ1n) is 6.55. The summed E-state index contributed by atoms with van der Waals surface area (Å²) >= 11 is 0. The Balaban J connectivity index is 1.89. The van der Waals surface area contributed by atoms with Crippen molar-refractivity contribution < 1.29 is 13.2 Å². The molecule has 2 heterocycles. The minimum Gasteiger partial charge on any atom is -0.383 e. The fourth-order valence-corrected chi connectivity index (χ4v) is 2.53. The zero-order valence-corrected chi connectivity index (χ0v) is 10.7. The lowest BCUT2D eigenvalue weighted by atomic mass is 10.1. The van der Waals surface area contributed by atoms with Gasteiger partial charge in [-0.3, -0.25) is 5.10 Å². The number of fused-ring (bicyclic) bond motifs is 1. The third-order valence-corrected chi connectivity index (χ3v) is 3.59. The summed E-state index contributed by atoms with van der Waals surface area (Å²) in [6.07, 6.45) is -0.669. The van der Waals surface area contributed by atoms with Crippen LogP contribution in [-0.2, 0) is 6.18 Å². The normalized spacial score (nSPS) is 19.6. The molecule has 20 heavy (non-hydrogen) atoms. The average molecular weight is 284 g/mol. The SMILES string of the molecule is FC(F)(F)c1cc(NC[C@H]2CCCN2)c2cn[nH]c2c1. The predicted octanol–water partition coefficient (Wildman–Crippen LogP) is 2.75. The summed E-state index contributed by atoms with van der Waals surface area (Å²) in [5.41, 5.74) is 0.190. The molecule has 1 saturated heterocycles. The van der Waals surface area contributed by atoms with Crippen LogP contribution < -0.4 is 10.6 Å². The highest BCUT2D eigenvalue weighted by molar-refractivity contribution is 5.91. The molecule has 0 radical (unpaired) electrons. The largest absolute Gasteiger partial charge is 0.416 e. The molecular formula is C13H15F3N4. The molecule has 1 aromatic carbocycles. The molecule has 0 unspecified atom stereocenters. The van der Waals surface area contributed by atoms with Crippen LogP contribution in [0.15, 0.2) is 18.3 Å². The quantitative estimate of drug-likeness (QED) is 0.812. The molecule has 0 spiro atoms. The molecule has 0 bridgehead atoms. The number of H-pyrrole nitrogens is 1. The number of anilines is 1. The van der Waals surface area contributed by atoms with Crippen LogP contribution in [0.25, 0.3) is 10.9 Å². The Kier molecular flexibility index (Phi) is 3.29. The first-order valence-corrected chi connectivity index (χ1v) is 6.55. The molecule has 3 N–H and O–H groups in total. The van der Waals surface area contributed by atoms with Crippen molar-refractivity contribution in [3.8, 4) is 0 Å². The highest BCUT2D eigenvalue weighted by atomic mass is 19.4. The topological polar surface area (TPSA) is 52.7 Å². The maximum atomic E-state index is 12.9. The second-order valence-corrected chi connectivity index (χ2v) is 5.03. The van der Waals surface area contributed by atoms with Crippen molar-refractivity contribution in [3.05, 3.63) is 23.9 Å². The van der Waals surface area contributed by atoms with Gasteiger partial charge in [0.15, 0.2) is 0 Å². The van der Waals surface area contributed by atoms with Crippen molar-refractivity contribution in [1.29, 1.82) is 0 Å². The molecule has 1 atom stereocenters. The fraction of sp³-hybridized carbons (Fsp3) is 0.462. The minimum atomic E-state index is -4.36.